The van der Waals surface area contributed by atoms with Gasteiger partial charge in [-0.2, -0.15) is 0 Å². The van der Waals surface area contributed by atoms with Crippen molar-refractivity contribution < 1.29 is 22.7 Å². The average molecular weight is 725 g/mol. The van der Waals surface area contributed by atoms with Crippen LogP contribution in [0.3, 0.4) is 0 Å². The van der Waals surface area contributed by atoms with Gasteiger partial charge in [0.05, 0.1) is 34.6 Å². The molecule has 3 aromatic heterocycles. The maximum atomic E-state index is 14.2. The van der Waals surface area contributed by atoms with Crippen molar-refractivity contribution in [2.24, 2.45) is 7.05 Å². The van der Waals surface area contributed by atoms with E-state index >= 15 is 0 Å². The van der Waals surface area contributed by atoms with Gasteiger partial charge in [0.1, 0.15) is 16.0 Å². The van der Waals surface area contributed by atoms with E-state index in [0.717, 1.165) is 5.56 Å². The van der Waals surface area contributed by atoms with Gasteiger partial charge in [0.15, 0.2) is 5.65 Å². The molecule has 0 atom stereocenters. The first-order chi connectivity index (χ1) is 22.1. The number of hydrogen-bond donors (Lipinski definition) is 1. The number of nitrogens with one attached hydrogen (secondary N) is 1. The van der Waals surface area contributed by atoms with Gasteiger partial charge in [-0.05, 0) is 99.1 Å². The molecule has 0 bridgehead atoms. The fraction of sp³-hybridized carbons (Fsp3) is 0.382. The van der Waals surface area contributed by atoms with Crippen molar-refractivity contribution in [2.45, 2.75) is 75.5 Å². The van der Waals surface area contributed by atoms with Crippen LogP contribution < -0.4 is 15.7 Å². The molecule has 1 N–H and O–H groups in total. The lowest BCUT2D eigenvalue weighted by Crippen LogP contribution is -2.50. The molecule has 6 rings (SSSR count). The average Bonchev–Trinajstić information content (AvgIpc) is 3.46. The molecule has 1 aliphatic carbocycles. The normalized spacial score (nSPS) is 18.8. The van der Waals surface area contributed by atoms with Gasteiger partial charge in [0.2, 0.25) is 0 Å². The monoisotopic (exact) mass is 723 g/mol. The topological polar surface area (TPSA) is 126 Å². The third-order valence-electron chi connectivity index (χ3n) is 8.82. The standard InChI is InChI=1S/C34H38BrN5O6S/c1-33(2,3)46-31(41)37-34(4)18-16-22(17-19-34)39-28-25(38(5)32(39)42)20-36-30-27(28)26(21-12-14-23(45-6)15-13-21)29(35)40(30)47(43,44)24-10-8-7-9-11-24/h7-15,20,22H,16-19H2,1-6H3,(H,37,41). The van der Waals surface area contributed by atoms with Gasteiger partial charge in [0, 0.05) is 24.2 Å². The van der Waals surface area contributed by atoms with Crippen LogP contribution in [0.4, 0.5) is 4.79 Å². The van der Waals surface area contributed by atoms with Crippen molar-refractivity contribution in [1.82, 2.24) is 23.4 Å². The summed E-state index contributed by atoms with van der Waals surface area (Å²) in [5.41, 5.74) is 1.35. The number of pyridine rings is 1. The third kappa shape index (κ3) is 5.84. The Morgan fingerprint density at radius 1 is 1.06 bits per heavy atom. The molecule has 1 amide bonds. The van der Waals surface area contributed by atoms with E-state index in [-0.39, 0.29) is 22.3 Å². The number of ether oxygens (including phenoxy) is 2. The van der Waals surface area contributed by atoms with Gasteiger partial charge >= 0.3 is 11.8 Å². The highest BCUT2D eigenvalue weighted by Gasteiger charge is 2.37. The molecule has 0 unspecified atom stereocenters. The van der Waals surface area contributed by atoms with Gasteiger partial charge in [-0.1, -0.05) is 30.3 Å². The van der Waals surface area contributed by atoms with E-state index in [0.29, 0.717) is 58.0 Å². The number of rotatable bonds is 6. The lowest BCUT2D eigenvalue weighted by atomic mass is 9.80. The van der Waals surface area contributed by atoms with Crippen LogP contribution in [0.2, 0.25) is 0 Å². The largest absolute Gasteiger partial charge is 0.497 e. The summed E-state index contributed by atoms with van der Waals surface area (Å²) in [4.78, 5) is 31.4. The fourth-order valence-electron chi connectivity index (χ4n) is 6.46. The van der Waals surface area contributed by atoms with Crippen molar-refractivity contribution in [2.75, 3.05) is 7.11 Å². The first-order valence-corrected chi connectivity index (χ1v) is 17.6. The lowest BCUT2D eigenvalue weighted by Gasteiger charge is -2.38. The minimum Gasteiger partial charge on any atom is -0.497 e. The number of hydrogen-bond acceptors (Lipinski definition) is 7. The second kappa shape index (κ2) is 11.9. The minimum atomic E-state index is -4.11. The maximum Gasteiger partial charge on any atom is 0.408 e. The number of benzene rings is 2. The van der Waals surface area contributed by atoms with Crippen LogP contribution in [0.15, 0.2) is 75.1 Å². The van der Waals surface area contributed by atoms with Gasteiger partial charge in [-0.15, -0.1) is 0 Å². The summed E-state index contributed by atoms with van der Waals surface area (Å²) in [6.07, 6.45) is 3.55. The van der Waals surface area contributed by atoms with Crippen LogP contribution in [0.1, 0.15) is 59.4 Å². The summed E-state index contributed by atoms with van der Waals surface area (Å²) in [7, 11) is -0.829. The number of alkyl carbamates (subject to hydrolysis) is 1. The van der Waals surface area contributed by atoms with Gasteiger partial charge in [-0.25, -0.2) is 27.0 Å². The zero-order chi connectivity index (χ0) is 33.9. The van der Waals surface area contributed by atoms with E-state index in [1.165, 1.54) is 3.97 Å². The molecule has 11 nitrogen and oxygen atoms in total. The molecule has 0 spiro atoms. The molecule has 13 heteroatoms. The van der Waals surface area contributed by atoms with Crippen LogP contribution >= 0.6 is 15.9 Å². The molecule has 47 heavy (non-hydrogen) atoms. The highest BCUT2D eigenvalue weighted by molar-refractivity contribution is 9.10. The summed E-state index contributed by atoms with van der Waals surface area (Å²) in [5, 5.41) is 3.58. The summed E-state index contributed by atoms with van der Waals surface area (Å²) < 4.78 is 44.2. The van der Waals surface area contributed by atoms with Crippen LogP contribution in [-0.4, -0.2) is 50.9 Å². The van der Waals surface area contributed by atoms with E-state index in [4.69, 9.17) is 9.47 Å². The highest BCUT2D eigenvalue weighted by Crippen LogP contribution is 2.44. The Morgan fingerprint density at radius 3 is 2.30 bits per heavy atom. The number of fused-ring (bicyclic) bond motifs is 3. The molecule has 0 saturated heterocycles. The quantitative estimate of drug-likeness (QED) is 0.205. The second-order valence-electron chi connectivity index (χ2n) is 13.3. The molecule has 1 aliphatic rings. The SMILES string of the molecule is COc1ccc(-c2c(Br)n(S(=O)(=O)c3ccccc3)c3ncc4c(c23)n(C2CCC(C)(NC(=O)OC(C)(C)C)CC2)c(=O)n4C)cc1. The summed E-state index contributed by atoms with van der Waals surface area (Å²) in [5.74, 6) is 0.649. The number of carbonyl (C=O) groups excluding carboxylic acids is 1. The van der Waals surface area contributed by atoms with Gasteiger partial charge in [0.25, 0.3) is 10.0 Å². The molecule has 5 aromatic rings. The Labute approximate surface area is 281 Å². The van der Waals surface area contributed by atoms with Crippen molar-refractivity contribution in [1.29, 1.82) is 0 Å². The highest BCUT2D eigenvalue weighted by atomic mass is 79.9. The van der Waals surface area contributed by atoms with Crippen molar-refractivity contribution >= 4 is 54.1 Å². The maximum absolute atomic E-state index is 14.2. The Balaban J connectivity index is 1.55. The number of nitrogens with zero attached hydrogens (tertiary/aromatic N) is 4. The zero-order valence-electron chi connectivity index (χ0n) is 27.2. The lowest BCUT2D eigenvalue weighted by molar-refractivity contribution is 0.0427. The summed E-state index contributed by atoms with van der Waals surface area (Å²) in [6.45, 7) is 7.47. The number of methoxy groups -OCH3 is 1. The molecule has 3 heterocycles. The first-order valence-electron chi connectivity index (χ1n) is 15.4. The number of halogens is 1. The first kappa shape index (κ1) is 32.8. The van der Waals surface area contributed by atoms with E-state index < -0.39 is 27.3 Å². The molecule has 0 radical (unpaired) electrons. The van der Waals surface area contributed by atoms with E-state index in [1.807, 2.05) is 52.0 Å². The Bertz CT molecular complexity index is 2150. The minimum absolute atomic E-state index is 0.107. The summed E-state index contributed by atoms with van der Waals surface area (Å²) >= 11 is 3.66. The third-order valence-corrected chi connectivity index (χ3v) is 11.5. The predicted molar refractivity (Wildman–Crippen MR) is 184 cm³/mol. The number of aryl methyl sites for hydroxylation is 1. The number of amides is 1. The molecule has 0 aliphatic heterocycles. The molecule has 2 aromatic carbocycles. The van der Waals surface area contributed by atoms with Crippen LogP contribution in [0, 0.1) is 0 Å². The van der Waals surface area contributed by atoms with Crippen molar-refractivity contribution in [3.63, 3.8) is 0 Å². The Hall–Kier alpha value is -4.10. The number of carbonyl (C=O) groups is 1. The molecule has 1 saturated carbocycles. The molecular weight excluding hydrogens is 686 g/mol. The van der Waals surface area contributed by atoms with E-state index in [9.17, 15) is 18.0 Å². The van der Waals surface area contributed by atoms with Crippen LogP contribution in [-0.2, 0) is 21.8 Å². The smallest absolute Gasteiger partial charge is 0.408 e. The van der Waals surface area contributed by atoms with E-state index in [1.54, 1.807) is 59.8 Å². The predicted octanol–water partition coefficient (Wildman–Crippen LogP) is 6.76. The van der Waals surface area contributed by atoms with E-state index in [2.05, 4.69) is 26.2 Å². The van der Waals surface area contributed by atoms with Crippen molar-refractivity contribution in [3.8, 4) is 16.9 Å². The fourth-order valence-corrected chi connectivity index (χ4v) is 9.01. The summed E-state index contributed by atoms with van der Waals surface area (Å²) in [6, 6.07) is 15.3. The molecule has 1 fully saturated rings. The van der Waals surface area contributed by atoms with Crippen LogP contribution in [0.5, 0.6) is 5.75 Å². The molecule has 248 valence electrons. The number of imidazole rings is 1. The second-order valence-corrected chi connectivity index (χ2v) is 15.8. The number of aromatic nitrogens is 4. The Kier molecular flexibility index (Phi) is 8.28. The molecular formula is C34H38BrN5O6S. The van der Waals surface area contributed by atoms with Gasteiger partial charge < -0.3 is 14.8 Å². The van der Waals surface area contributed by atoms with Crippen LogP contribution in [0.25, 0.3) is 33.2 Å². The van der Waals surface area contributed by atoms with Crippen molar-refractivity contribution in [3.05, 3.63) is 75.9 Å². The van der Waals surface area contributed by atoms with Gasteiger partial charge in [-0.3, -0.25) is 9.13 Å². The Morgan fingerprint density at radius 2 is 1.70 bits per heavy atom. The zero-order valence-corrected chi connectivity index (χ0v) is 29.6.